The second-order valence-corrected chi connectivity index (χ2v) is 5.68. The van der Waals surface area contributed by atoms with Gasteiger partial charge in [0.2, 0.25) is 0 Å². The number of nitrogens with one attached hydrogen (secondary N) is 1. The summed E-state index contributed by atoms with van der Waals surface area (Å²) in [4.78, 5) is 4.02. The molecule has 2 aromatic heterocycles. The molecule has 0 amide bonds. The largest absolute Gasteiger partial charge is 0.382 e. The molecule has 0 saturated carbocycles. The van der Waals surface area contributed by atoms with Crippen molar-refractivity contribution in [3.8, 4) is 11.1 Å². The molecule has 2 heterocycles. The van der Waals surface area contributed by atoms with Crippen LogP contribution in [0.3, 0.4) is 0 Å². The first kappa shape index (κ1) is 14.7. The Bertz CT molecular complexity index is 527. The van der Waals surface area contributed by atoms with Crippen LogP contribution in [0.1, 0.15) is 13.8 Å². The number of hydrogen-bond donors (Lipinski definition) is 2. The van der Waals surface area contributed by atoms with Gasteiger partial charge >= 0.3 is 0 Å². The van der Waals surface area contributed by atoms with E-state index in [0.29, 0.717) is 18.3 Å². The minimum Gasteiger partial charge on any atom is -0.382 e. The van der Waals surface area contributed by atoms with Gasteiger partial charge in [0.25, 0.3) is 0 Å². The minimum absolute atomic E-state index is 0.548. The molecule has 0 atom stereocenters. The maximum atomic E-state index is 5.95. The zero-order valence-corrected chi connectivity index (χ0v) is 12.6. The SMILES string of the molecule is CC(C)COCCNc1snc(N)c1-c1ccncc1. The van der Waals surface area contributed by atoms with Gasteiger partial charge in [-0.05, 0) is 35.1 Å². The lowest BCUT2D eigenvalue weighted by atomic mass is 10.1. The summed E-state index contributed by atoms with van der Waals surface area (Å²) in [5.74, 6) is 1.10. The molecule has 108 valence electrons. The summed E-state index contributed by atoms with van der Waals surface area (Å²) in [6.07, 6.45) is 3.50. The van der Waals surface area contributed by atoms with Crippen LogP contribution in [-0.4, -0.2) is 29.1 Å². The maximum absolute atomic E-state index is 5.95. The van der Waals surface area contributed by atoms with Crippen LogP contribution in [0.15, 0.2) is 24.5 Å². The lowest BCUT2D eigenvalue weighted by Gasteiger charge is -2.09. The van der Waals surface area contributed by atoms with Gasteiger partial charge in [0.15, 0.2) is 0 Å². The van der Waals surface area contributed by atoms with E-state index in [1.54, 1.807) is 12.4 Å². The molecular weight excluding hydrogens is 272 g/mol. The molecule has 0 saturated heterocycles. The summed E-state index contributed by atoms with van der Waals surface area (Å²) in [6.45, 7) is 6.47. The van der Waals surface area contributed by atoms with Gasteiger partial charge in [-0.25, -0.2) is 0 Å². The van der Waals surface area contributed by atoms with Gasteiger partial charge in [0.1, 0.15) is 10.8 Å². The maximum Gasteiger partial charge on any atom is 0.147 e. The highest BCUT2D eigenvalue weighted by Gasteiger charge is 2.13. The number of rotatable bonds is 7. The summed E-state index contributed by atoms with van der Waals surface area (Å²) in [7, 11) is 0. The quantitative estimate of drug-likeness (QED) is 0.768. The Balaban J connectivity index is 1.96. The fraction of sp³-hybridized carbons (Fsp3) is 0.429. The van der Waals surface area contributed by atoms with Gasteiger partial charge < -0.3 is 15.8 Å². The first-order chi connectivity index (χ1) is 9.68. The number of nitrogens with zero attached hydrogens (tertiary/aromatic N) is 2. The van der Waals surface area contributed by atoms with Crippen molar-refractivity contribution in [2.45, 2.75) is 13.8 Å². The van der Waals surface area contributed by atoms with Crippen LogP contribution in [0, 0.1) is 5.92 Å². The summed E-state index contributed by atoms with van der Waals surface area (Å²) in [6, 6.07) is 3.86. The van der Waals surface area contributed by atoms with Crippen molar-refractivity contribution in [2.75, 3.05) is 30.8 Å². The van der Waals surface area contributed by atoms with Crippen LogP contribution in [0.4, 0.5) is 10.8 Å². The van der Waals surface area contributed by atoms with E-state index < -0.39 is 0 Å². The third kappa shape index (κ3) is 3.91. The fourth-order valence-corrected chi connectivity index (χ4v) is 2.54. The molecule has 0 aromatic carbocycles. The summed E-state index contributed by atoms with van der Waals surface area (Å²) < 4.78 is 9.77. The molecule has 0 fully saturated rings. The van der Waals surface area contributed by atoms with E-state index in [4.69, 9.17) is 10.5 Å². The van der Waals surface area contributed by atoms with Gasteiger partial charge in [-0.15, -0.1) is 0 Å². The van der Waals surface area contributed by atoms with Gasteiger partial charge in [-0.1, -0.05) is 13.8 Å². The topological polar surface area (TPSA) is 73.1 Å². The number of hydrogen-bond acceptors (Lipinski definition) is 6. The second-order valence-electron chi connectivity index (χ2n) is 4.90. The van der Waals surface area contributed by atoms with Crippen LogP contribution in [0.5, 0.6) is 0 Å². The molecule has 6 heteroatoms. The van der Waals surface area contributed by atoms with Crippen molar-refractivity contribution in [3.63, 3.8) is 0 Å². The van der Waals surface area contributed by atoms with E-state index in [2.05, 4.69) is 28.5 Å². The van der Waals surface area contributed by atoms with Crippen LogP contribution in [0.2, 0.25) is 0 Å². The van der Waals surface area contributed by atoms with Crippen LogP contribution in [0.25, 0.3) is 11.1 Å². The molecule has 5 nitrogen and oxygen atoms in total. The van der Waals surface area contributed by atoms with E-state index in [1.165, 1.54) is 11.5 Å². The number of ether oxygens (including phenoxy) is 1. The smallest absolute Gasteiger partial charge is 0.147 e. The highest BCUT2D eigenvalue weighted by molar-refractivity contribution is 7.11. The molecule has 0 unspecified atom stereocenters. The number of anilines is 2. The molecule has 0 aliphatic carbocycles. The molecule has 0 aliphatic heterocycles. The predicted molar refractivity (Wildman–Crippen MR) is 83.9 cm³/mol. The minimum atomic E-state index is 0.548. The van der Waals surface area contributed by atoms with E-state index in [0.717, 1.165) is 29.3 Å². The Morgan fingerprint density at radius 1 is 1.35 bits per heavy atom. The van der Waals surface area contributed by atoms with E-state index >= 15 is 0 Å². The summed E-state index contributed by atoms with van der Waals surface area (Å²) >= 11 is 1.37. The highest BCUT2D eigenvalue weighted by Crippen LogP contribution is 2.36. The average Bonchev–Trinajstić information content (AvgIpc) is 2.80. The lowest BCUT2D eigenvalue weighted by Crippen LogP contribution is -2.11. The van der Waals surface area contributed by atoms with E-state index in [1.807, 2.05) is 12.1 Å². The van der Waals surface area contributed by atoms with Gasteiger partial charge in [-0.2, -0.15) is 4.37 Å². The van der Waals surface area contributed by atoms with E-state index in [9.17, 15) is 0 Å². The van der Waals surface area contributed by atoms with Crippen molar-refractivity contribution in [1.29, 1.82) is 0 Å². The molecule has 2 aromatic rings. The fourth-order valence-electron chi connectivity index (χ4n) is 1.78. The number of nitrogens with two attached hydrogens (primary N) is 1. The number of aromatic nitrogens is 2. The van der Waals surface area contributed by atoms with Crippen molar-refractivity contribution in [2.24, 2.45) is 5.92 Å². The second kappa shape index (κ2) is 7.21. The molecule has 0 aliphatic rings. The Morgan fingerprint density at radius 3 is 2.80 bits per heavy atom. The molecule has 3 N–H and O–H groups in total. The Kier molecular flexibility index (Phi) is 5.31. The monoisotopic (exact) mass is 292 g/mol. The van der Waals surface area contributed by atoms with Crippen molar-refractivity contribution >= 4 is 22.4 Å². The van der Waals surface area contributed by atoms with Crippen LogP contribution in [-0.2, 0) is 4.74 Å². The number of pyridine rings is 1. The van der Waals surface area contributed by atoms with Crippen molar-refractivity contribution in [1.82, 2.24) is 9.36 Å². The molecule has 20 heavy (non-hydrogen) atoms. The summed E-state index contributed by atoms with van der Waals surface area (Å²) in [5, 5.41) is 4.31. The molecule has 0 radical (unpaired) electrons. The van der Waals surface area contributed by atoms with Gasteiger partial charge in [0.05, 0.1) is 12.2 Å². The van der Waals surface area contributed by atoms with Crippen LogP contribution < -0.4 is 11.1 Å². The van der Waals surface area contributed by atoms with Crippen molar-refractivity contribution < 1.29 is 4.74 Å². The zero-order valence-electron chi connectivity index (χ0n) is 11.8. The van der Waals surface area contributed by atoms with Gasteiger partial charge in [-0.3, -0.25) is 4.98 Å². The standard InChI is InChI=1S/C14H20N4OS/c1-10(2)9-19-8-7-17-14-12(13(15)18-20-14)11-3-5-16-6-4-11/h3-6,10,17H,7-9H2,1-2H3,(H2,15,18). The Labute approximate surface area is 123 Å². The predicted octanol–water partition coefficient (Wildman–Crippen LogP) is 2.87. The third-order valence-electron chi connectivity index (χ3n) is 2.67. The molecule has 0 bridgehead atoms. The Morgan fingerprint density at radius 2 is 2.10 bits per heavy atom. The number of nitrogen functional groups attached to an aromatic ring is 1. The zero-order chi connectivity index (χ0) is 14.4. The third-order valence-corrected chi connectivity index (χ3v) is 3.49. The summed E-state index contributed by atoms with van der Waals surface area (Å²) in [5.41, 5.74) is 7.92. The Hall–Kier alpha value is -1.66. The first-order valence-corrected chi connectivity index (χ1v) is 7.43. The molecular formula is C14H20N4OS. The highest BCUT2D eigenvalue weighted by atomic mass is 32.1. The molecule has 2 rings (SSSR count). The molecule has 0 spiro atoms. The van der Waals surface area contributed by atoms with E-state index in [-0.39, 0.29) is 0 Å². The van der Waals surface area contributed by atoms with Crippen LogP contribution >= 0.6 is 11.5 Å². The van der Waals surface area contributed by atoms with Gasteiger partial charge in [0, 0.05) is 25.5 Å². The average molecular weight is 292 g/mol. The first-order valence-electron chi connectivity index (χ1n) is 6.65. The normalized spacial score (nSPS) is 10.9. The van der Waals surface area contributed by atoms with Crippen molar-refractivity contribution in [3.05, 3.63) is 24.5 Å². The lowest BCUT2D eigenvalue weighted by molar-refractivity contribution is 0.118.